The van der Waals surface area contributed by atoms with Crippen LogP contribution in [0.15, 0.2) is 0 Å². The summed E-state index contributed by atoms with van der Waals surface area (Å²) in [7, 11) is 1.62. The fourth-order valence-electron chi connectivity index (χ4n) is 2.19. The zero-order valence-electron chi connectivity index (χ0n) is 12.3. The predicted octanol–water partition coefficient (Wildman–Crippen LogP) is 1.61. The first kappa shape index (κ1) is 17.1. The van der Waals surface area contributed by atoms with E-state index >= 15 is 0 Å². The minimum absolute atomic E-state index is 0.0427. The Kier molecular flexibility index (Phi) is 7.15. The maximum atomic E-state index is 12.3. The third-order valence-electron chi connectivity index (χ3n) is 3.20. The molecule has 0 bridgehead atoms. The number of hydrogen-bond acceptors (Lipinski definition) is 4. The summed E-state index contributed by atoms with van der Waals surface area (Å²) in [5.41, 5.74) is 0. The van der Waals surface area contributed by atoms with Crippen molar-refractivity contribution in [1.29, 1.82) is 0 Å². The number of thioether (sulfide) groups is 1. The average Bonchev–Trinajstić information content (AvgIpc) is 2.81. The van der Waals surface area contributed by atoms with Gasteiger partial charge >= 0.3 is 12.0 Å². The van der Waals surface area contributed by atoms with Gasteiger partial charge in [0.05, 0.1) is 12.0 Å². The molecule has 2 N–H and O–H groups in total. The molecule has 1 aliphatic rings. The zero-order chi connectivity index (χ0) is 15.1. The molecule has 116 valence electrons. The van der Waals surface area contributed by atoms with Crippen LogP contribution in [-0.4, -0.2) is 59.4 Å². The molecule has 2 amide bonds. The molecule has 3 atom stereocenters. The third kappa shape index (κ3) is 4.56. The van der Waals surface area contributed by atoms with Gasteiger partial charge < -0.3 is 15.2 Å². The van der Waals surface area contributed by atoms with Gasteiger partial charge in [-0.3, -0.25) is 4.90 Å². The van der Waals surface area contributed by atoms with Gasteiger partial charge in [-0.05, 0) is 12.3 Å². The highest BCUT2D eigenvalue weighted by molar-refractivity contribution is 8.00. The van der Waals surface area contributed by atoms with E-state index in [-0.39, 0.29) is 17.3 Å². The number of methoxy groups -OCH3 is 1. The van der Waals surface area contributed by atoms with Crippen LogP contribution in [0.4, 0.5) is 4.79 Å². The lowest BCUT2D eigenvalue weighted by atomic mass is 10.2. The molecule has 0 spiro atoms. The van der Waals surface area contributed by atoms with Crippen LogP contribution in [0.3, 0.4) is 0 Å². The van der Waals surface area contributed by atoms with Gasteiger partial charge in [-0.2, -0.15) is 0 Å². The van der Waals surface area contributed by atoms with Gasteiger partial charge in [-0.15, -0.1) is 11.8 Å². The molecule has 0 aromatic rings. The highest BCUT2D eigenvalue weighted by Gasteiger charge is 2.41. The summed E-state index contributed by atoms with van der Waals surface area (Å²) in [6, 6.07) is -1.02. The highest BCUT2D eigenvalue weighted by atomic mass is 32.2. The van der Waals surface area contributed by atoms with E-state index in [1.165, 1.54) is 4.90 Å². The maximum Gasteiger partial charge on any atom is 0.327 e. The minimum Gasteiger partial charge on any atom is -0.480 e. The summed E-state index contributed by atoms with van der Waals surface area (Å²) in [4.78, 5) is 25.0. The number of carboxylic acids is 1. The lowest BCUT2D eigenvalue weighted by Crippen LogP contribution is -2.51. The average molecular weight is 304 g/mol. The van der Waals surface area contributed by atoms with Crippen molar-refractivity contribution in [2.45, 2.75) is 38.1 Å². The molecule has 0 aromatic heterocycles. The van der Waals surface area contributed by atoms with Crippen LogP contribution in [0, 0.1) is 5.92 Å². The maximum absolute atomic E-state index is 12.3. The lowest BCUT2D eigenvalue weighted by Gasteiger charge is -2.28. The van der Waals surface area contributed by atoms with Crippen LogP contribution in [0.2, 0.25) is 0 Å². The SMILES string of the molecule is CCCC1SCC(C(=O)O)N1C(=O)NCC(C)COC. The van der Waals surface area contributed by atoms with Gasteiger partial charge in [0.2, 0.25) is 0 Å². The number of carbonyl (C=O) groups is 2. The van der Waals surface area contributed by atoms with Crippen LogP contribution < -0.4 is 5.32 Å². The van der Waals surface area contributed by atoms with Crippen LogP contribution in [0.1, 0.15) is 26.7 Å². The van der Waals surface area contributed by atoms with Crippen molar-refractivity contribution in [3.63, 3.8) is 0 Å². The Bertz CT molecular complexity index is 340. The second kappa shape index (κ2) is 8.36. The summed E-state index contributed by atoms with van der Waals surface area (Å²) in [6.45, 7) is 5.06. The van der Waals surface area contributed by atoms with Gasteiger partial charge in [0.25, 0.3) is 0 Å². The van der Waals surface area contributed by atoms with Crippen LogP contribution in [0.5, 0.6) is 0 Å². The molecule has 0 aliphatic carbocycles. The largest absolute Gasteiger partial charge is 0.480 e. The molecule has 1 fully saturated rings. The molecule has 20 heavy (non-hydrogen) atoms. The second-order valence-electron chi connectivity index (χ2n) is 5.08. The van der Waals surface area contributed by atoms with Crippen molar-refractivity contribution in [2.75, 3.05) is 26.0 Å². The fourth-order valence-corrected chi connectivity index (χ4v) is 3.71. The van der Waals surface area contributed by atoms with Gasteiger partial charge in [0.15, 0.2) is 0 Å². The summed E-state index contributed by atoms with van der Waals surface area (Å²) < 4.78 is 5.02. The van der Waals surface area contributed by atoms with Crippen LogP contribution in [-0.2, 0) is 9.53 Å². The minimum atomic E-state index is -0.934. The Balaban J connectivity index is 2.61. The summed E-state index contributed by atoms with van der Waals surface area (Å²) >= 11 is 1.54. The Morgan fingerprint density at radius 2 is 2.25 bits per heavy atom. The number of carboxylic acid groups (broad SMARTS) is 1. The smallest absolute Gasteiger partial charge is 0.327 e. The van der Waals surface area contributed by atoms with Crippen molar-refractivity contribution in [1.82, 2.24) is 10.2 Å². The molecular formula is C13H24N2O4S. The fraction of sp³-hybridized carbons (Fsp3) is 0.846. The number of amides is 2. The topological polar surface area (TPSA) is 78.9 Å². The van der Waals surface area contributed by atoms with E-state index in [9.17, 15) is 14.7 Å². The van der Waals surface area contributed by atoms with E-state index in [0.29, 0.717) is 18.9 Å². The molecule has 3 unspecified atom stereocenters. The quantitative estimate of drug-likeness (QED) is 0.747. The molecule has 1 saturated heterocycles. The molecule has 0 saturated carbocycles. The normalized spacial score (nSPS) is 23.6. The van der Waals surface area contributed by atoms with E-state index in [0.717, 1.165) is 12.8 Å². The van der Waals surface area contributed by atoms with Crippen molar-refractivity contribution in [3.05, 3.63) is 0 Å². The van der Waals surface area contributed by atoms with E-state index in [1.54, 1.807) is 18.9 Å². The number of aliphatic carboxylic acids is 1. The summed E-state index contributed by atoms with van der Waals surface area (Å²) in [5, 5.41) is 12.0. The second-order valence-corrected chi connectivity index (χ2v) is 6.30. The molecule has 1 aliphatic heterocycles. The summed E-state index contributed by atoms with van der Waals surface area (Å²) in [5.74, 6) is -0.274. The first-order chi connectivity index (χ1) is 9.51. The number of nitrogens with zero attached hydrogens (tertiary/aromatic N) is 1. The monoisotopic (exact) mass is 304 g/mol. The van der Waals surface area contributed by atoms with Crippen molar-refractivity contribution >= 4 is 23.8 Å². The molecule has 1 rings (SSSR count). The van der Waals surface area contributed by atoms with Crippen molar-refractivity contribution < 1.29 is 19.4 Å². The van der Waals surface area contributed by atoms with Crippen LogP contribution >= 0.6 is 11.8 Å². The number of hydrogen-bond donors (Lipinski definition) is 2. The number of rotatable bonds is 7. The number of urea groups is 1. The molecule has 1 heterocycles. The third-order valence-corrected chi connectivity index (χ3v) is 4.56. The number of carbonyl (C=O) groups excluding carboxylic acids is 1. The zero-order valence-corrected chi connectivity index (χ0v) is 13.1. The number of nitrogens with one attached hydrogen (secondary N) is 1. The number of ether oxygens (including phenoxy) is 1. The Labute approximate surface area is 124 Å². The first-order valence-corrected chi connectivity index (χ1v) is 7.95. The Morgan fingerprint density at radius 1 is 1.55 bits per heavy atom. The molecule has 0 radical (unpaired) electrons. The van der Waals surface area contributed by atoms with E-state index in [4.69, 9.17) is 4.74 Å². The predicted molar refractivity (Wildman–Crippen MR) is 78.9 cm³/mol. The van der Waals surface area contributed by atoms with E-state index in [2.05, 4.69) is 5.32 Å². The molecule has 0 aromatic carbocycles. The highest BCUT2D eigenvalue weighted by Crippen LogP contribution is 2.32. The van der Waals surface area contributed by atoms with Gasteiger partial charge in [0, 0.05) is 19.4 Å². The van der Waals surface area contributed by atoms with Crippen LogP contribution in [0.25, 0.3) is 0 Å². The molecule has 6 nitrogen and oxygen atoms in total. The van der Waals surface area contributed by atoms with Crippen molar-refractivity contribution in [3.8, 4) is 0 Å². The lowest BCUT2D eigenvalue weighted by molar-refractivity contribution is -0.141. The van der Waals surface area contributed by atoms with Crippen molar-refractivity contribution in [2.24, 2.45) is 5.92 Å². The Hall–Kier alpha value is -0.950. The van der Waals surface area contributed by atoms with E-state index < -0.39 is 12.0 Å². The first-order valence-electron chi connectivity index (χ1n) is 6.90. The van der Waals surface area contributed by atoms with Gasteiger partial charge in [0.1, 0.15) is 6.04 Å². The van der Waals surface area contributed by atoms with Gasteiger partial charge in [-0.1, -0.05) is 20.3 Å². The molecular weight excluding hydrogens is 280 g/mol. The summed E-state index contributed by atoms with van der Waals surface area (Å²) in [6.07, 6.45) is 1.74. The standard InChI is InChI=1S/C13H24N2O4S/c1-4-5-11-15(10(8-20-11)12(16)17)13(18)14-6-9(2)7-19-3/h9-11H,4-8H2,1-3H3,(H,14,18)(H,16,17). The molecule has 7 heteroatoms. The Morgan fingerprint density at radius 3 is 2.80 bits per heavy atom. The van der Waals surface area contributed by atoms with Gasteiger partial charge in [-0.25, -0.2) is 9.59 Å². The van der Waals surface area contributed by atoms with E-state index in [1.807, 2.05) is 13.8 Å².